The monoisotopic (exact) mass is 578 g/mol. The average molecular weight is 579 g/mol. The van der Waals surface area contributed by atoms with E-state index >= 15 is 0 Å². The molecule has 0 saturated heterocycles. The van der Waals surface area contributed by atoms with Crippen molar-refractivity contribution in [3.05, 3.63) is 130 Å². The highest BCUT2D eigenvalue weighted by atomic mass is 35.5. The number of anilines is 2. The molecule has 0 N–H and O–H groups in total. The Hall–Kier alpha value is -3.93. The van der Waals surface area contributed by atoms with Gasteiger partial charge in [0.1, 0.15) is 4.88 Å². The van der Waals surface area contributed by atoms with Gasteiger partial charge in [-0.15, -0.1) is 11.3 Å². The van der Waals surface area contributed by atoms with Crippen molar-refractivity contribution in [2.24, 2.45) is 0 Å². The Morgan fingerprint density at radius 3 is 2.32 bits per heavy atom. The number of carbonyl (C=O) groups is 2. The molecule has 0 saturated carbocycles. The number of carbonyl (C=O) groups excluding carboxylic acids is 2. The second-order valence-electron chi connectivity index (χ2n) is 10.5. The Bertz CT molecular complexity index is 1710. The Balaban J connectivity index is 1.43. The van der Waals surface area contributed by atoms with Crippen LogP contribution in [-0.4, -0.2) is 17.9 Å². The van der Waals surface area contributed by atoms with Crippen LogP contribution in [0, 0.1) is 0 Å². The van der Waals surface area contributed by atoms with Gasteiger partial charge in [0.05, 0.1) is 11.1 Å². The zero-order chi connectivity index (χ0) is 28.5. The van der Waals surface area contributed by atoms with E-state index in [4.69, 9.17) is 11.6 Å². The van der Waals surface area contributed by atoms with Gasteiger partial charge in [-0.1, -0.05) is 91.7 Å². The third-order valence-electron chi connectivity index (χ3n) is 7.81. The van der Waals surface area contributed by atoms with Crippen molar-refractivity contribution in [3.63, 3.8) is 0 Å². The molecule has 6 rings (SSSR count). The zero-order valence-electron chi connectivity index (χ0n) is 23.1. The van der Waals surface area contributed by atoms with E-state index in [2.05, 4.69) is 13.8 Å². The molecule has 0 fully saturated rings. The molecular formula is C35H31ClN2O2S. The highest BCUT2D eigenvalue weighted by molar-refractivity contribution is 7.21. The first-order valence-electron chi connectivity index (χ1n) is 14.0. The number of hydrogen-bond donors (Lipinski definition) is 0. The summed E-state index contributed by atoms with van der Waals surface area (Å²) in [6, 6.07) is 33.1. The van der Waals surface area contributed by atoms with Gasteiger partial charge in [-0.25, -0.2) is 0 Å². The lowest BCUT2D eigenvalue weighted by Crippen LogP contribution is -2.47. The molecule has 0 unspecified atom stereocenters. The van der Waals surface area contributed by atoms with Crippen LogP contribution in [-0.2, 0) is 6.42 Å². The van der Waals surface area contributed by atoms with Crippen LogP contribution in [0.25, 0.3) is 10.1 Å². The smallest absolute Gasteiger partial charge is 0.270 e. The molecule has 206 valence electrons. The summed E-state index contributed by atoms with van der Waals surface area (Å²) in [7, 11) is 0. The predicted octanol–water partition coefficient (Wildman–Crippen LogP) is 9.33. The molecule has 0 aliphatic carbocycles. The Morgan fingerprint density at radius 1 is 0.902 bits per heavy atom. The van der Waals surface area contributed by atoms with Crippen molar-refractivity contribution < 1.29 is 9.59 Å². The van der Waals surface area contributed by atoms with Gasteiger partial charge >= 0.3 is 0 Å². The number of amides is 2. The fourth-order valence-electron chi connectivity index (χ4n) is 5.87. The molecule has 2 heterocycles. The summed E-state index contributed by atoms with van der Waals surface area (Å²) < 4.78 is 0.980. The van der Waals surface area contributed by atoms with Gasteiger partial charge in [0.2, 0.25) is 0 Å². The Morgan fingerprint density at radius 2 is 1.59 bits per heavy atom. The minimum Gasteiger partial charge on any atom is -0.305 e. The number of nitrogens with zero attached hydrogens (tertiary/aromatic N) is 2. The minimum atomic E-state index is -0.284. The third-order valence-corrected chi connectivity index (χ3v) is 9.48. The van der Waals surface area contributed by atoms with Crippen molar-refractivity contribution in [2.45, 2.75) is 45.2 Å². The third kappa shape index (κ3) is 5.05. The van der Waals surface area contributed by atoms with Crippen LogP contribution < -0.4 is 9.80 Å². The standard InChI is InChI=1S/C35H31ClN2O2S/c1-3-11-24-18-20-25(21-19-24)34(39)37-23(2)22-30(27-14-7-9-16-29(27)37)38(26-12-5-4-6-13-26)35(40)33-32(36)28-15-8-10-17-31(28)41-33/h4-10,12-21,23,30H,3,11,22H2,1-2H3/t23-,30-/m0/s1. The minimum absolute atomic E-state index is 0.0309. The molecule has 5 aromatic rings. The number of para-hydroxylation sites is 2. The number of aryl methyl sites for hydroxylation is 1. The second kappa shape index (κ2) is 11.5. The van der Waals surface area contributed by atoms with Crippen LogP contribution in [0.2, 0.25) is 5.02 Å². The van der Waals surface area contributed by atoms with Crippen LogP contribution >= 0.6 is 22.9 Å². The molecule has 1 aliphatic rings. The molecule has 41 heavy (non-hydrogen) atoms. The summed E-state index contributed by atoms with van der Waals surface area (Å²) in [6.07, 6.45) is 2.64. The lowest BCUT2D eigenvalue weighted by atomic mass is 9.89. The normalized spacial score (nSPS) is 16.4. The quantitative estimate of drug-likeness (QED) is 0.201. The van der Waals surface area contributed by atoms with Crippen LogP contribution in [0.5, 0.6) is 0 Å². The fraction of sp³-hybridized carbons (Fsp3) is 0.200. The van der Waals surface area contributed by atoms with Crippen molar-refractivity contribution in [2.75, 3.05) is 9.80 Å². The van der Waals surface area contributed by atoms with E-state index in [0.717, 1.165) is 39.9 Å². The van der Waals surface area contributed by atoms with Crippen LogP contribution in [0.4, 0.5) is 11.4 Å². The van der Waals surface area contributed by atoms with E-state index in [1.165, 1.54) is 16.9 Å². The van der Waals surface area contributed by atoms with E-state index < -0.39 is 0 Å². The molecule has 2 atom stereocenters. The zero-order valence-corrected chi connectivity index (χ0v) is 24.7. The van der Waals surface area contributed by atoms with Crippen LogP contribution in [0.1, 0.15) is 63.9 Å². The first-order chi connectivity index (χ1) is 20.0. The maximum Gasteiger partial charge on any atom is 0.270 e. The molecule has 2 amide bonds. The maximum atomic E-state index is 14.4. The summed E-state index contributed by atoms with van der Waals surface area (Å²) in [6.45, 7) is 4.21. The van der Waals surface area contributed by atoms with Crippen molar-refractivity contribution in [1.29, 1.82) is 0 Å². The highest BCUT2D eigenvalue weighted by Crippen LogP contribution is 2.45. The Kier molecular flexibility index (Phi) is 7.65. The first-order valence-corrected chi connectivity index (χ1v) is 15.2. The highest BCUT2D eigenvalue weighted by Gasteiger charge is 2.40. The number of thiophene rings is 1. The molecule has 4 aromatic carbocycles. The molecule has 1 aromatic heterocycles. The van der Waals surface area contributed by atoms with Gasteiger partial charge in [0.25, 0.3) is 11.8 Å². The summed E-state index contributed by atoms with van der Waals surface area (Å²) in [4.78, 5) is 32.6. The number of hydrogen-bond acceptors (Lipinski definition) is 3. The predicted molar refractivity (Wildman–Crippen MR) is 171 cm³/mol. The molecule has 1 aliphatic heterocycles. The van der Waals surface area contributed by atoms with Gasteiger partial charge in [-0.05, 0) is 67.3 Å². The molecule has 0 radical (unpaired) electrons. The molecule has 0 bridgehead atoms. The van der Waals surface area contributed by atoms with E-state index in [1.54, 1.807) is 0 Å². The molecule has 4 nitrogen and oxygen atoms in total. The summed E-state index contributed by atoms with van der Waals surface area (Å²) in [5.74, 6) is -0.169. The van der Waals surface area contributed by atoms with Crippen LogP contribution in [0.3, 0.4) is 0 Å². The molecule has 0 spiro atoms. The summed E-state index contributed by atoms with van der Waals surface area (Å²) in [5, 5.41) is 1.37. The first kappa shape index (κ1) is 27.3. The van der Waals surface area contributed by atoms with E-state index in [9.17, 15) is 9.59 Å². The van der Waals surface area contributed by atoms with E-state index in [0.29, 0.717) is 21.9 Å². The number of halogens is 1. The average Bonchev–Trinajstić information content (AvgIpc) is 3.34. The largest absolute Gasteiger partial charge is 0.305 e. The maximum absolute atomic E-state index is 14.4. The topological polar surface area (TPSA) is 40.6 Å². The van der Waals surface area contributed by atoms with Gasteiger partial charge in [-0.3, -0.25) is 14.5 Å². The lowest BCUT2D eigenvalue weighted by Gasteiger charge is -2.43. The Labute approximate surface area is 249 Å². The SMILES string of the molecule is CCCc1ccc(C(=O)N2c3ccccc3[C@@H](N(C(=O)c3sc4ccccc4c3Cl)c3ccccc3)C[C@@H]2C)cc1. The molecular weight excluding hydrogens is 548 g/mol. The fourth-order valence-corrected chi connectivity index (χ4v) is 7.31. The van der Waals surface area contributed by atoms with Crippen molar-refractivity contribution in [3.8, 4) is 0 Å². The molecule has 6 heteroatoms. The number of fused-ring (bicyclic) bond motifs is 2. The summed E-state index contributed by atoms with van der Waals surface area (Å²) >= 11 is 8.25. The van der Waals surface area contributed by atoms with Gasteiger partial charge in [-0.2, -0.15) is 0 Å². The number of benzene rings is 4. The van der Waals surface area contributed by atoms with Gasteiger partial charge in [0, 0.05) is 33.1 Å². The van der Waals surface area contributed by atoms with Gasteiger partial charge < -0.3 is 4.90 Å². The lowest BCUT2D eigenvalue weighted by molar-refractivity contribution is 0.0967. The van der Waals surface area contributed by atoms with E-state index in [-0.39, 0.29) is 23.9 Å². The van der Waals surface area contributed by atoms with Gasteiger partial charge in [0.15, 0.2) is 0 Å². The van der Waals surface area contributed by atoms with Crippen LogP contribution in [0.15, 0.2) is 103 Å². The van der Waals surface area contributed by atoms with E-state index in [1.807, 2.05) is 113 Å². The summed E-state index contributed by atoms with van der Waals surface area (Å²) in [5.41, 5.74) is 4.46. The number of rotatable bonds is 6. The van der Waals surface area contributed by atoms with Crippen molar-refractivity contribution in [1.82, 2.24) is 0 Å². The van der Waals surface area contributed by atoms with Crippen molar-refractivity contribution >= 4 is 56.2 Å². The second-order valence-corrected chi connectivity index (χ2v) is 12.0.